The molecule has 1 aromatic rings. The molecule has 0 unspecified atom stereocenters. The van der Waals surface area contributed by atoms with Gasteiger partial charge in [-0.15, -0.1) is 0 Å². The summed E-state index contributed by atoms with van der Waals surface area (Å²) in [4.78, 5) is 22.4. The molecule has 0 aliphatic carbocycles. The van der Waals surface area contributed by atoms with Crippen molar-refractivity contribution in [1.29, 1.82) is 0 Å². The van der Waals surface area contributed by atoms with Gasteiger partial charge in [0.2, 0.25) is 0 Å². The van der Waals surface area contributed by atoms with Crippen molar-refractivity contribution in [3.05, 3.63) is 11.9 Å². The quantitative estimate of drug-likeness (QED) is 0.864. The Hall–Kier alpha value is -2.05. The number of rotatable bonds is 5. The molecule has 1 aromatic heterocycles. The molecular formula is C13H21N3O4. The van der Waals surface area contributed by atoms with Crippen molar-refractivity contribution in [2.75, 3.05) is 5.32 Å². The second-order valence-electron chi connectivity index (χ2n) is 5.34. The zero-order valence-corrected chi connectivity index (χ0v) is 12.3. The van der Waals surface area contributed by atoms with E-state index in [1.807, 2.05) is 6.92 Å². The third kappa shape index (κ3) is 4.91. The molecule has 7 heteroatoms. The SMILES string of the molecule is CCn1ncc(NC(=O)OC(C)(C)C)c1CCC(=O)O. The molecule has 20 heavy (non-hydrogen) atoms. The Morgan fingerprint density at radius 2 is 2.10 bits per heavy atom. The average Bonchev–Trinajstić information content (AvgIpc) is 2.65. The van der Waals surface area contributed by atoms with Gasteiger partial charge in [-0.25, -0.2) is 4.79 Å². The molecule has 2 N–H and O–H groups in total. The van der Waals surface area contributed by atoms with Crippen LogP contribution >= 0.6 is 0 Å². The van der Waals surface area contributed by atoms with Crippen LogP contribution in [-0.4, -0.2) is 32.6 Å². The lowest BCUT2D eigenvalue weighted by atomic mass is 10.2. The van der Waals surface area contributed by atoms with Crippen LogP contribution in [0.1, 0.15) is 39.8 Å². The number of carbonyl (C=O) groups is 2. The third-order valence-corrected chi connectivity index (χ3v) is 2.46. The van der Waals surface area contributed by atoms with Gasteiger partial charge in [-0.1, -0.05) is 0 Å². The molecule has 0 spiro atoms. The Labute approximate surface area is 117 Å². The number of aryl methyl sites for hydroxylation is 1. The summed E-state index contributed by atoms with van der Waals surface area (Å²) in [7, 11) is 0. The van der Waals surface area contributed by atoms with Gasteiger partial charge in [-0.05, 0) is 27.7 Å². The van der Waals surface area contributed by atoms with E-state index in [1.165, 1.54) is 6.20 Å². The number of amides is 1. The summed E-state index contributed by atoms with van der Waals surface area (Å²) in [5.74, 6) is -0.892. The van der Waals surface area contributed by atoms with Crippen LogP contribution in [0.15, 0.2) is 6.20 Å². The molecule has 0 aliphatic heterocycles. The summed E-state index contributed by atoms with van der Waals surface area (Å²) in [5.41, 5.74) is 0.578. The first-order valence-electron chi connectivity index (χ1n) is 6.49. The van der Waals surface area contributed by atoms with Crippen molar-refractivity contribution in [1.82, 2.24) is 9.78 Å². The first-order chi connectivity index (χ1) is 9.23. The number of aromatic nitrogens is 2. The number of anilines is 1. The number of nitrogens with one attached hydrogen (secondary N) is 1. The van der Waals surface area contributed by atoms with E-state index in [0.29, 0.717) is 24.3 Å². The van der Waals surface area contributed by atoms with Crippen LogP contribution in [0.25, 0.3) is 0 Å². The van der Waals surface area contributed by atoms with E-state index >= 15 is 0 Å². The standard InChI is InChI=1S/C13H21N3O4/c1-5-16-10(6-7-11(17)18)9(8-14-16)15-12(19)20-13(2,3)4/h8H,5-7H2,1-4H3,(H,15,19)(H,17,18). The van der Waals surface area contributed by atoms with Crippen molar-refractivity contribution in [3.8, 4) is 0 Å². The van der Waals surface area contributed by atoms with Gasteiger partial charge < -0.3 is 9.84 Å². The number of nitrogens with zero attached hydrogens (tertiary/aromatic N) is 2. The van der Waals surface area contributed by atoms with E-state index in [-0.39, 0.29) is 6.42 Å². The topological polar surface area (TPSA) is 93.5 Å². The number of carboxylic acids is 1. The second-order valence-corrected chi connectivity index (χ2v) is 5.34. The summed E-state index contributed by atoms with van der Waals surface area (Å²) < 4.78 is 6.82. The molecule has 1 rings (SSSR count). The van der Waals surface area contributed by atoms with Gasteiger partial charge in [0.05, 0.1) is 24.0 Å². The van der Waals surface area contributed by atoms with Gasteiger partial charge in [0.15, 0.2) is 0 Å². The summed E-state index contributed by atoms with van der Waals surface area (Å²) >= 11 is 0. The largest absolute Gasteiger partial charge is 0.481 e. The van der Waals surface area contributed by atoms with Crippen molar-refractivity contribution in [2.24, 2.45) is 0 Å². The lowest BCUT2D eigenvalue weighted by molar-refractivity contribution is -0.136. The van der Waals surface area contributed by atoms with E-state index in [9.17, 15) is 9.59 Å². The Morgan fingerprint density at radius 1 is 1.45 bits per heavy atom. The summed E-state index contributed by atoms with van der Waals surface area (Å²) in [6, 6.07) is 0. The van der Waals surface area contributed by atoms with E-state index in [4.69, 9.17) is 9.84 Å². The highest BCUT2D eigenvalue weighted by atomic mass is 16.6. The number of aliphatic carboxylic acids is 1. The molecule has 0 saturated heterocycles. The molecular weight excluding hydrogens is 262 g/mol. The van der Waals surface area contributed by atoms with Gasteiger partial charge in [0, 0.05) is 13.0 Å². The highest BCUT2D eigenvalue weighted by molar-refractivity contribution is 5.85. The monoisotopic (exact) mass is 283 g/mol. The Morgan fingerprint density at radius 3 is 2.60 bits per heavy atom. The lowest BCUT2D eigenvalue weighted by Crippen LogP contribution is -2.27. The maximum Gasteiger partial charge on any atom is 0.412 e. The molecule has 0 bridgehead atoms. The number of ether oxygens (including phenoxy) is 1. The van der Waals surface area contributed by atoms with Gasteiger partial charge in [0.1, 0.15) is 5.60 Å². The fourth-order valence-electron chi connectivity index (χ4n) is 1.69. The van der Waals surface area contributed by atoms with Crippen LogP contribution in [0.5, 0.6) is 0 Å². The molecule has 0 radical (unpaired) electrons. The lowest BCUT2D eigenvalue weighted by Gasteiger charge is -2.19. The second kappa shape index (κ2) is 6.40. The van der Waals surface area contributed by atoms with Gasteiger partial charge in [-0.3, -0.25) is 14.8 Å². The number of hydrogen-bond donors (Lipinski definition) is 2. The van der Waals surface area contributed by atoms with Gasteiger partial charge in [0.25, 0.3) is 0 Å². The zero-order valence-electron chi connectivity index (χ0n) is 12.3. The van der Waals surface area contributed by atoms with Crippen LogP contribution < -0.4 is 5.32 Å². The Bertz CT molecular complexity index is 488. The molecule has 1 heterocycles. The van der Waals surface area contributed by atoms with Gasteiger partial charge >= 0.3 is 12.1 Å². The normalized spacial score (nSPS) is 11.2. The molecule has 1 amide bonds. The van der Waals surface area contributed by atoms with Crippen LogP contribution in [0.2, 0.25) is 0 Å². The van der Waals surface area contributed by atoms with Crippen molar-refractivity contribution >= 4 is 17.7 Å². The van der Waals surface area contributed by atoms with E-state index in [0.717, 1.165) is 0 Å². The number of hydrogen-bond acceptors (Lipinski definition) is 4. The van der Waals surface area contributed by atoms with Crippen LogP contribution in [0.3, 0.4) is 0 Å². The number of carboxylic acid groups (broad SMARTS) is 1. The molecule has 0 fully saturated rings. The molecule has 7 nitrogen and oxygen atoms in total. The minimum Gasteiger partial charge on any atom is -0.481 e. The Balaban J connectivity index is 2.81. The smallest absolute Gasteiger partial charge is 0.412 e. The average molecular weight is 283 g/mol. The third-order valence-electron chi connectivity index (χ3n) is 2.46. The fraction of sp³-hybridized carbons (Fsp3) is 0.615. The highest BCUT2D eigenvalue weighted by Gasteiger charge is 2.19. The molecule has 0 aromatic carbocycles. The van der Waals surface area contributed by atoms with E-state index < -0.39 is 17.7 Å². The van der Waals surface area contributed by atoms with Gasteiger partial charge in [-0.2, -0.15) is 5.10 Å². The molecule has 112 valence electrons. The fourth-order valence-corrected chi connectivity index (χ4v) is 1.69. The van der Waals surface area contributed by atoms with E-state index in [1.54, 1.807) is 25.5 Å². The maximum atomic E-state index is 11.7. The summed E-state index contributed by atoms with van der Waals surface area (Å²) in [5, 5.41) is 15.5. The summed E-state index contributed by atoms with van der Waals surface area (Å²) in [6.07, 6.45) is 1.21. The van der Waals surface area contributed by atoms with Crippen molar-refractivity contribution in [2.45, 2.75) is 52.7 Å². The van der Waals surface area contributed by atoms with Crippen LogP contribution in [0, 0.1) is 0 Å². The zero-order chi connectivity index (χ0) is 15.3. The Kier molecular flexibility index (Phi) is 5.12. The molecule has 0 atom stereocenters. The van der Waals surface area contributed by atoms with Crippen LogP contribution in [-0.2, 0) is 22.5 Å². The first kappa shape index (κ1) is 16.0. The summed E-state index contributed by atoms with van der Waals surface area (Å²) in [6.45, 7) is 7.81. The molecule has 0 saturated carbocycles. The van der Waals surface area contributed by atoms with Crippen molar-refractivity contribution in [3.63, 3.8) is 0 Å². The highest BCUT2D eigenvalue weighted by Crippen LogP contribution is 2.18. The predicted octanol–water partition coefficient (Wildman–Crippen LogP) is 2.27. The van der Waals surface area contributed by atoms with Crippen molar-refractivity contribution < 1.29 is 19.4 Å². The minimum absolute atomic E-state index is 0.0192. The minimum atomic E-state index is -0.892. The predicted molar refractivity (Wildman–Crippen MR) is 73.7 cm³/mol. The first-order valence-corrected chi connectivity index (χ1v) is 6.49. The molecule has 0 aliphatic rings. The maximum absolute atomic E-state index is 11.7. The van der Waals surface area contributed by atoms with E-state index in [2.05, 4.69) is 10.4 Å². The number of carbonyl (C=O) groups excluding carboxylic acids is 1. The van der Waals surface area contributed by atoms with Crippen LogP contribution in [0.4, 0.5) is 10.5 Å².